The van der Waals surface area contributed by atoms with Crippen LogP contribution in [0.1, 0.15) is 58.9 Å². The number of hydrogen-bond donors (Lipinski definition) is 1. The highest BCUT2D eigenvalue weighted by molar-refractivity contribution is 6.62. The first-order chi connectivity index (χ1) is 10.7. The first-order valence-electron chi connectivity index (χ1n) is 8.59. The fraction of sp³-hybridized carbons (Fsp3) is 0.579. The molecule has 3 nitrogen and oxygen atoms in total. The molecule has 1 aliphatic carbocycles. The van der Waals surface area contributed by atoms with Crippen molar-refractivity contribution >= 4 is 12.6 Å². The Bertz CT molecular complexity index is 590. The second kappa shape index (κ2) is 5.68. The Morgan fingerprint density at radius 3 is 2.13 bits per heavy atom. The van der Waals surface area contributed by atoms with Crippen LogP contribution in [-0.2, 0) is 9.31 Å². The van der Waals surface area contributed by atoms with Crippen LogP contribution in [-0.4, -0.2) is 18.3 Å². The van der Waals surface area contributed by atoms with Crippen LogP contribution in [0.2, 0.25) is 0 Å². The van der Waals surface area contributed by atoms with Gasteiger partial charge in [0.2, 0.25) is 0 Å². The van der Waals surface area contributed by atoms with Gasteiger partial charge in [0, 0.05) is 5.70 Å². The van der Waals surface area contributed by atoms with Crippen molar-refractivity contribution in [1.29, 1.82) is 0 Å². The molecule has 1 aliphatic heterocycles. The summed E-state index contributed by atoms with van der Waals surface area (Å²) in [5.74, 6) is 1.14. The summed E-state index contributed by atoms with van der Waals surface area (Å²) in [6, 6.07) is 8.73. The normalized spacial score (nSPS) is 29.4. The zero-order chi connectivity index (χ0) is 16.8. The molecule has 2 atom stereocenters. The zero-order valence-electron chi connectivity index (χ0n) is 14.9. The van der Waals surface area contributed by atoms with E-state index < -0.39 is 0 Å². The lowest BCUT2D eigenvalue weighted by atomic mass is 9.75. The molecule has 0 aromatic heterocycles. The Labute approximate surface area is 140 Å². The van der Waals surface area contributed by atoms with Gasteiger partial charge in [-0.25, -0.2) is 0 Å². The fourth-order valence-electron chi connectivity index (χ4n) is 3.45. The maximum Gasteiger partial charge on any atom is 0.494 e. The minimum atomic E-state index is -0.295. The first kappa shape index (κ1) is 16.6. The first-order valence-corrected chi connectivity index (χ1v) is 8.59. The van der Waals surface area contributed by atoms with Crippen molar-refractivity contribution in [2.24, 2.45) is 11.7 Å². The summed E-state index contributed by atoms with van der Waals surface area (Å²) in [4.78, 5) is 0. The number of benzene rings is 1. The molecule has 4 heteroatoms. The van der Waals surface area contributed by atoms with Gasteiger partial charge in [0.25, 0.3) is 0 Å². The topological polar surface area (TPSA) is 44.5 Å². The summed E-state index contributed by atoms with van der Waals surface area (Å²) in [5.41, 5.74) is 8.86. The standard InChI is InChI=1S/C19H28BNO2/c1-13-12-16(21)10-11-17(13)14-6-8-15(9-7-14)20-22-18(2,3)19(4,5)23-20/h6-10,13,17H,11-12,21H2,1-5H3. The summed E-state index contributed by atoms with van der Waals surface area (Å²) >= 11 is 0. The molecule has 1 aromatic rings. The van der Waals surface area contributed by atoms with Crippen LogP contribution in [0.15, 0.2) is 36.0 Å². The molecular weight excluding hydrogens is 285 g/mol. The molecule has 124 valence electrons. The molecule has 2 N–H and O–H groups in total. The zero-order valence-corrected chi connectivity index (χ0v) is 14.9. The van der Waals surface area contributed by atoms with E-state index in [2.05, 4.69) is 65.0 Å². The maximum absolute atomic E-state index is 6.12. The van der Waals surface area contributed by atoms with E-state index in [0.29, 0.717) is 11.8 Å². The Morgan fingerprint density at radius 2 is 1.61 bits per heavy atom. The van der Waals surface area contributed by atoms with E-state index in [1.54, 1.807) is 0 Å². The van der Waals surface area contributed by atoms with E-state index in [-0.39, 0.29) is 18.3 Å². The van der Waals surface area contributed by atoms with Gasteiger partial charge in [-0.3, -0.25) is 0 Å². The van der Waals surface area contributed by atoms with Gasteiger partial charge in [-0.1, -0.05) is 37.3 Å². The average Bonchev–Trinajstić information content (AvgIpc) is 2.68. The van der Waals surface area contributed by atoms with Crippen LogP contribution < -0.4 is 11.2 Å². The molecule has 23 heavy (non-hydrogen) atoms. The van der Waals surface area contributed by atoms with Crippen LogP contribution in [0.3, 0.4) is 0 Å². The summed E-state index contributed by atoms with van der Waals surface area (Å²) in [6.07, 6.45) is 4.19. The minimum Gasteiger partial charge on any atom is -0.402 e. The highest BCUT2D eigenvalue weighted by atomic mass is 16.7. The van der Waals surface area contributed by atoms with E-state index in [9.17, 15) is 0 Å². The van der Waals surface area contributed by atoms with Crippen molar-refractivity contribution in [3.05, 3.63) is 41.6 Å². The summed E-state index contributed by atoms with van der Waals surface area (Å²) in [7, 11) is -0.284. The van der Waals surface area contributed by atoms with Crippen LogP contribution in [0.25, 0.3) is 0 Å². The SMILES string of the molecule is CC1CC(N)=CCC1c1ccc(B2OC(C)(C)C(C)(C)O2)cc1. The highest BCUT2D eigenvalue weighted by Crippen LogP contribution is 2.37. The molecule has 1 saturated heterocycles. The lowest BCUT2D eigenvalue weighted by Crippen LogP contribution is -2.41. The molecule has 1 heterocycles. The smallest absolute Gasteiger partial charge is 0.402 e. The monoisotopic (exact) mass is 313 g/mol. The molecular formula is C19H28BNO2. The number of nitrogens with two attached hydrogens (primary N) is 1. The molecule has 0 spiro atoms. The van der Waals surface area contributed by atoms with Gasteiger partial charge in [0.15, 0.2) is 0 Å². The van der Waals surface area contributed by atoms with Gasteiger partial charge in [0.1, 0.15) is 0 Å². The lowest BCUT2D eigenvalue weighted by Gasteiger charge is -2.32. The van der Waals surface area contributed by atoms with E-state index in [1.165, 1.54) is 5.56 Å². The highest BCUT2D eigenvalue weighted by Gasteiger charge is 2.51. The number of rotatable bonds is 2. The molecule has 1 aromatic carbocycles. The van der Waals surface area contributed by atoms with Crippen LogP contribution in [0, 0.1) is 5.92 Å². The van der Waals surface area contributed by atoms with Crippen molar-refractivity contribution in [1.82, 2.24) is 0 Å². The molecule has 1 fully saturated rings. The van der Waals surface area contributed by atoms with Gasteiger partial charge in [-0.05, 0) is 63.4 Å². The van der Waals surface area contributed by atoms with Gasteiger partial charge in [0.05, 0.1) is 11.2 Å². The van der Waals surface area contributed by atoms with Crippen LogP contribution in [0.5, 0.6) is 0 Å². The fourth-order valence-corrected chi connectivity index (χ4v) is 3.45. The molecule has 2 unspecified atom stereocenters. The van der Waals surface area contributed by atoms with E-state index in [0.717, 1.165) is 24.0 Å². The van der Waals surface area contributed by atoms with Crippen LogP contribution >= 0.6 is 0 Å². The lowest BCUT2D eigenvalue weighted by molar-refractivity contribution is 0.00578. The predicted molar refractivity (Wildman–Crippen MR) is 95.6 cm³/mol. The Hall–Kier alpha value is -1.26. The van der Waals surface area contributed by atoms with Crippen LogP contribution in [0.4, 0.5) is 0 Å². The van der Waals surface area contributed by atoms with Gasteiger partial charge in [-0.2, -0.15) is 0 Å². The summed E-state index contributed by atoms with van der Waals surface area (Å²) in [6.45, 7) is 10.6. The van der Waals surface area contributed by atoms with Gasteiger partial charge >= 0.3 is 7.12 Å². The maximum atomic E-state index is 6.12. The Kier molecular flexibility index (Phi) is 4.10. The third-order valence-corrected chi connectivity index (χ3v) is 5.77. The summed E-state index contributed by atoms with van der Waals surface area (Å²) in [5, 5.41) is 0. The second-order valence-electron chi connectivity index (χ2n) is 8.06. The minimum absolute atomic E-state index is 0.284. The van der Waals surface area contributed by atoms with Gasteiger partial charge < -0.3 is 15.0 Å². The molecule has 0 saturated carbocycles. The van der Waals surface area contributed by atoms with Crippen molar-refractivity contribution in [2.45, 2.75) is 64.6 Å². The van der Waals surface area contributed by atoms with E-state index in [4.69, 9.17) is 15.0 Å². The molecule has 0 amide bonds. The number of allylic oxidation sites excluding steroid dienone is 2. The molecule has 2 aliphatic rings. The third-order valence-electron chi connectivity index (χ3n) is 5.77. The summed E-state index contributed by atoms with van der Waals surface area (Å²) < 4.78 is 12.2. The van der Waals surface area contributed by atoms with Crippen molar-refractivity contribution in [3.8, 4) is 0 Å². The third kappa shape index (κ3) is 3.07. The second-order valence-corrected chi connectivity index (χ2v) is 8.06. The Balaban J connectivity index is 1.76. The average molecular weight is 313 g/mol. The number of hydrogen-bond acceptors (Lipinski definition) is 3. The van der Waals surface area contributed by atoms with Gasteiger partial charge in [-0.15, -0.1) is 0 Å². The molecule has 0 bridgehead atoms. The van der Waals surface area contributed by atoms with E-state index in [1.807, 2.05) is 0 Å². The van der Waals surface area contributed by atoms with E-state index >= 15 is 0 Å². The van der Waals surface area contributed by atoms with Crippen molar-refractivity contribution in [2.75, 3.05) is 0 Å². The largest absolute Gasteiger partial charge is 0.494 e. The Morgan fingerprint density at radius 1 is 1.04 bits per heavy atom. The molecule has 3 rings (SSSR count). The predicted octanol–water partition coefficient (Wildman–Crippen LogP) is 3.34. The van der Waals surface area contributed by atoms with Crippen molar-refractivity contribution < 1.29 is 9.31 Å². The quantitative estimate of drug-likeness (QED) is 0.852. The molecule has 0 radical (unpaired) electrons. The van der Waals surface area contributed by atoms with Crippen molar-refractivity contribution in [3.63, 3.8) is 0 Å².